The maximum Gasteiger partial charge on any atom is 0.306 e. The zero-order valence-electron chi connectivity index (χ0n) is 12.4. The Balaban J connectivity index is 2.60. The van der Waals surface area contributed by atoms with Crippen molar-refractivity contribution >= 4 is 16.0 Å². The van der Waals surface area contributed by atoms with Gasteiger partial charge in [0, 0.05) is 18.6 Å². The third-order valence-corrected chi connectivity index (χ3v) is 5.68. The highest BCUT2D eigenvalue weighted by Gasteiger charge is 2.31. The van der Waals surface area contributed by atoms with E-state index in [-0.39, 0.29) is 30.9 Å². The van der Waals surface area contributed by atoms with Gasteiger partial charge in [-0.05, 0) is 32.6 Å². The molecule has 1 fully saturated rings. The highest BCUT2D eigenvalue weighted by atomic mass is 32.2. The molecule has 0 aromatic carbocycles. The number of hydrogen-bond acceptors (Lipinski definition) is 5. The third kappa shape index (κ3) is 5.03. The summed E-state index contributed by atoms with van der Waals surface area (Å²) in [7, 11) is -3.41. The predicted octanol–water partition coefficient (Wildman–Crippen LogP) is 0.861. The molecule has 1 aliphatic carbocycles. The summed E-state index contributed by atoms with van der Waals surface area (Å²) in [4.78, 5) is 11.3. The van der Waals surface area contributed by atoms with Gasteiger partial charge in [0.25, 0.3) is 0 Å². The van der Waals surface area contributed by atoms with Crippen LogP contribution in [0, 0.1) is 0 Å². The second-order valence-corrected chi connectivity index (χ2v) is 7.18. The van der Waals surface area contributed by atoms with Crippen molar-refractivity contribution in [3.05, 3.63) is 0 Å². The van der Waals surface area contributed by atoms with E-state index in [0.29, 0.717) is 6.54 Å². The number of ether oxygens (including phenoxy) is 1. The van der Waals surface area contributed by atoms with Gasteiger partial charge in [-0.1, -0.05) is 6.92 Å². The molecular weight excluding hydrogens is 280 g/mol. The minimum absolute atomic E-state index is 0.0204. The summed E-state index contributed by atoms with van der Waals surface area (Å²) < 4.78 is 31.0. The largest absolute Gasteiger partial charge is 0.466 e. The topological polar surface area (TPSA) is 89.7 Å². The Morgan fingerprint density at radius 1 is 1.25 bits per heavy atom. The molecule has 0 amide bonds. The van der Waals surface area contributed by atoms with Crippen LogP contribution in [0.1, 0.15) is 46.0 Å². The van der Waals surface area contributed by atoms with Crippen molar-refractivity contribution in [3.8, 4) is 0 Å². The van der Waals surface area contributed by atoms with Gasteiger partial charge in [-0.2, -0.15) is 4.31 Å². The van der Waals surface area contributed by atoms with Gasteiger partial charge in [0.1, 0.15) is 0 Å². The summed E-state index contributed by atoms with van der Waals surface area (Å²) >= 11 is 0. The predicted molar refractivity (Wildman–Crippen MR) is 77.6 cm³/mol. The van der Waals surface area contributed by atoms with Crippen LogP contribution < -0.4 is 5.73 Å². The van der Waals surface area contributed by atoms with Crippen LogP contribution in [0.15, 0.2) is 0 Å². The quantitative estimate of drug-likeness (QED) is 0.705. The molecule has 0 bridgehead atoms. The van der Waals surface area contributed by atoms with Crippen LogP contribution >= 0.6 is 0 Å². The Hall–Kier alpha value is -0.660. The molecule has 0 atom stereocenters. The molecule has 1 saturated carbocycles. The number of carbonyl (C=O) groups excluding carboxylic acids is 1. The smallest absolute Gasteiger partial charge is 0.306 e. The number of nitrogens with two attached hydrogens (primary N) is 1. The van der Waals surface area contributed by atoms with E-state index in [1.807, 2.05) is 6.92 Å². The summed E-state index contributed by atoms with van der Waals surface area (Å²) in [5, 5.41) is 0. The van der Waals surface area contributed by atoms with Crippen LogP contribution in [0.25, 0.3) is 0 Å². The lowest BCUT2D eigenvalue weighted by Crippen LogP contribution is -2.45. The lowest BCUT2D eigenvalue weighted by atomic mass is 9.92. The molecule has 0 aromatic rings. The summed E-state index contributed by atoms with van der Waals surface area (Å²) in [5.74, 6) is -0.639. The standard InChI is InChI=1S/C13H26N2O4S/c1-3-15(12-7-5-11(14)6-8-12)20(17,18)10-9-13(16)19-4-2/h11-12H,3-10,14H2,1-2H3. The average Bonchev–Trinajstić information content (AvgIpc) is 2.40. The summed E-state index contributed by atoms with van der Waals surface area (Å²) in [6, 6.07) is 0.208. The van der Waals surface area contributed by atoms with Crippen LogP contribution in [0.2, 0.25) is 0 Å². The molecule has 7 heteroatoms. The van der Waals surface area contributed by atoms with Gasteiger partial charge in [-0.15, -0.1) is 0 Å². The van der Waals surface area contributed by atoms with Crippen LogP contribution in [-0.4, -0.2) is 49.7 Å². The Morgan fingerprint density at radius 3 is 2.35 bits per heavy atom. The highest BCUT2D eigenvalue weighted by molar-refractivity contribution is 7.89. The van der Waals surface area contributed by atoms with Crippen molar-refractivity contribution < 1.29 is 17.9 Å². The molecule has 1 aliphatic rings. The summed E-state index contributed by atoms with van der Waals surface area (Å²) in [6.07, 6.45) is 3.23. The van der Waals surface area contributed by atoms with Crippen molar-refractivity contribution in [1.82, 2.24) is 4.31 Å². The van der Waals surface area contributed by atoms with Crippen LogP contribution in [0.3, 0.4) is 0 Å². The molecule has 0 spiro atoms. The average molecular weight is 306 g/mol. The van der Waals surface area contributed by atoms with E-state index in [2.05, 4.69) is 0 Å². The van der Waals surface area contributed by atoms with E-state index < -0.39 is 16.0 Å². The van der Waals surface area contributed by atoms with Crippen LogP contribution in [0.4, 0.5) is 0 Å². The first-order valence-electron chi connectivity index (χ1n) is 7.31. The number of sulfonamides is 1. The molecular formula is C13H26N2O4S. The third-order valence-electron chi connectivity index (χ3n) is 3.69. The molecule has 0 saturated heterocycles. The van der Waals surface area contributed by atoms with Gasteiger partial charge in [0.15, 0.2) is 0 Å². The lowest BCUT2D eigenvalue weighted by Gasteiger charge is -2.34. The first-order valence-corrected chi connectivity index (χ1v) is 8.92. The van der Waals surface area contributed by atoms with Gasteiger partial charge >= 0.3 is 5.97 Å². The van der Waals surface area contributed by atoms with E-state index >= 15 is 0 Å². The number of nitrogens with zero attached hydrogens (tertiary/aromatic N) is 1. The molecule has 0 unspecified atom stereocenters. The molecule has 0 aromatic heterocycles. The zero-order valence-corrected chi connectivity index (χ0v) is 13.2. The van der Waals surface area contributed by atoms with E-state index in [9.17, 15) is 13.2 Å². The van der Waals surface area contributed by atoms with Crippen molar-refractivity contribution in [1.29, 1.82) is 0 Å². The second kappa shape index (κ2) is 7.95. The van der Waals surface area contributed by atoms with Gasteiger partial charge in [-0.3, -0.25) is 4.79 Å². The monoisotopic (exact) mass is 306 g/mol. The lowest BCUT2D eigenvalue weighted by molar-refractivity contribution is -0.142. The fraction of sp³-hybridized carbons (Fsp3) is 0.923. The SMILES string of the molecule is CCOC(=O)CCS(=O)(=O)N(CC)C1CCC(N)CC1. The minimum atomic E-state index is -3.41. The maximum atomic E-state index is 12.3. The van der Waals surface area contributed by atoms with E-state index in [0.717, 1.165) is 25.7 Å². The number of carbonyl (C=O) groups is 1. The molecule has 118 valence electrons. The molecule has 0 radical (unpaired) electrons. The number of rotatable bonds is 7. The van der Waals surface area contributed by atoms with Gasteiger partial charge < -0.3 is 10.5 Å². The Morgan fingerprint density at radius 2 is 1.85 bits per heavy atom. The molecule has 20 heavy (non-hydrogen) atoms. The first-order chi connectivity index (χ1) is 9.40. The maximum absolute atomic E-state index is 12.3. The van der Waals surface area contributed by atoms with E-state index in [1.54, 1.807) is 6.92 Å². The Bertz CT molecular complexity index is 403. The molecule has 0 heterocycles. The van der Waals surface area contributed by atoms with E-state index in [4.69, 9.17) is 10.5 Å². The molecule has 6 nitrogen and oxygen atoms in total. The van der Waals surface area contributed by atoms with Crippen LogP contribution in [0.5, 0.6) is 0 Å². The second-order valence-electron chi connectivity index (χ2n) is 5.14. The van der Waals surface area contributed by atoms with Crippen molar-refractivity contribution in [2.75, 3.05) is 18.9 Å². The summed E-state index contributed by atoms with van der Waals surface area (Å²) in [5.41, 5.74) is 5.85. The van der Waals surface area contributed by atoms with Crippen molar-refractivity contribution in [2.24, 2.45) is 5.73 Å². The number of hydrogen-bond donors (Lipinski definition) is 1. The zero-order chi connectivity index (χ0) is 15.2. The molecule has 2 N–H and O–H groups in total. The Kier molecular flexibility index (Phi) is 6.91. The minimum Gasteiger partial charge on any atom is -0.466 e. The van der Waals surface area contributed by atoms with Gasteiger partial charge in [0.05, 0.1) is 18.8 Å². The van der Waals surface area contributed by atoms with Crippen molar-refractivity contribution in [3.63, 3.8) is 0 Å². The fourth-order valence-electron chi connectivity index (χ4n) is 2.63. The van der Waals surface area contributed by atoms with Crippen molar-refractivity contribution in [2.45, 2.75) is 58.0 Å². The molecule has 1 rings (SSSR count). The first kappa shape index (κ1) is 17.4. The van der Waals surface area contributed by atoms with Gasteiger partial charge in [-0.25, -0.2) is 8.42 Å². The highest BCUT2D eigenvalue weighted by Crippen LogP contribution is 2.24. The van der Waals surface area contributed by atoms with E-state index in [1.165, 1.54) is 4.31 Å². The van der Waals surface area contributed by atoms with Gasteiger partial charge in [0.2, 0.25) is 10.0 Å². The number of esters is 1. The normalized spacial score (nSPS) is 23.8. The Labute approximate surface area is 121 Å². The summed E-state index contributed by atoms with van der Waals surface area (Å²) in [6.45, 7) is 4.24. The molecule has 0 aliphatic heterocycles. The fourth-order valence-corrected chi connectivity index (χ4v) is 4.35. The van der Waals surface area contributed by atoms with Crippen LogP contribution in [-0.2, 0) is 19.6 Å².